The first-order valence-electron chi connectivity index (χ1n) is 4.64. The van der Waals surface area contributed by atoms with E-state index in [9.17, 15) is 4.79 Å². The lowest BCUT2D eigenvalue weighted by Crippen LogP contribution is -2.41. The molecule has 0 aliphatic heterocycles. The highest BCUT2D eigenvalue weighted by atomic mass is 16.2. The van der Waals surface area contributed by atoms with Gasteiger partial charge in [0.2, 0.25) is 0 Å². The SMILES string of the molecule is C#CCC(C)NC(=O)NC1CC1C. The van der Waals surface area contributed by atoms with E-state index in [1.807, 2.05) is 6.92 Å². The van der Waals surface area contributed by atoms with Crippen LogP contribution in [-0.2, 0) is 0 Å². The highest BCUT2D eigenvalue weighted by Crippen LogP contribution is 2.28. The van der Waals surface area contributed by atoms with Gasteiger partial charge in [-0.25, -0.2) is 4.79 Å². The van der Waals surface area contributed by atoms with Gasteiger partial charge in [-0.3, -0.25) is 0 Å². The van der Waals surface area contributed by atoms with Crippen LogP contribution < -0.4 is 10.6 Å². The maximum Gasteiger partial charge on any atom is 0.315 e. The molecule has 1 saturated carbocycles. The molecule has 2 amide bonds. The van der Waals surface area contributed by atoms with Gasteiger partial charge in [0.1, 0.15) is 0 Å². The molecule has 1 fully saturated rings. The Balaban J connectivity index is 2.14. The standard InChI is InChI=1S/C10H16N2O/c1-4-5-8(3)11-10(13)12-9-6-7(9)2/h1,7-9H,5-6H2,2-3H3,(H2,11,12,13). The quantitative estimate of drug-likeness (QED) is 0.627. The van der Waals surface area contributed by atoms with E-state index in [0.29, 0.717) is 18.4 Å². The van der Waals surface area contributed by atoms with E-state index in [4.69, 9.17) is 6.42 Å². The summed E-state index contributed by atoms with van der Waals surface area (Å²) in [7, 11) is 0. The summed E-state index contributed by atoms with van der Waals surface area (Å²) in [6.07, 6.45) is 6.79. The molecule has 3 nitrogen and oxygen atoms in total. The number of carbonyl (C=O) groups excluding carboxylic acids is 1. The van der Waals surface area contributed by atoms with Crippen molar-refractivity contribution in [3.8, 4) is 12.3 Å². The molecule has 13 heavy (non-hydrogen) atoms. The molecule has 1 aliphatic rings. The van der Waals surface area contributed by atoms with Crippen LogP contribution in [0.2, 0.25) is 0 Å². The molecular formula is C10H16N2O. The van der Waals surface area contributed by atoms with Crippen molar-refractivity contribution in [1.29, 1.82) is 0 Å². The van der Waals surface area contributed by atoms with Crippen molar-refractivity contribution in [2.24, 2.45) is 5.92 Å². The number of nitrogens with one attached hydrogen (secondary N) is 2. The fourth-order valence-corrected chi connectivity index (χ4v) is 1.18. The van der Waals surface area contributed by atoms with Gasteiger partial charge in [0.05, 0.1) is 0 Å². The highest BCUT2D eigenvalue weighted by molar-refractivity contribution is 5.74. The van der Waals surface area contributed by atoms with Gasteiger partial charge >= 0.3 is 6.03 Å². The van der Waals surface area contributed by atoms with Crippen molar-refractivity contribution in [2.45, 2.75) is 38.8 Å². The van der Waals surface area contributed by atoms with Gasteiger partial charge in [0, 0.05) is 18.5 Å². The number of rotatable bonds is 3. The Bertz CT molecular complexity index is 232. The van der Waals surface area contributed by atoms with E-state index >= 15 is 0 Å². The van der Waals surface area contributed by atoms with Gasteiger partial charge in [0.15, 0.2) is 0 Å². The van der Waals surface area contributed by atoms with Crippen LogP contribution in [0, 0.1) is 18.3 Å². The summed E-state index contributed by atoms with van der Waals surface area (Å²) in [5, 5.41) is 5.65. The molecule has 3 unspecified atom stereocenters. The Morgan fingerprint density at radius 3 is 2.85 bits per heavy atom. The van der Waals surface area contributed by atoms with Gasteiger partial charge in [-0.1, -0.05) is 6.92 Å². The average molecular weight is 180 g/mol. The molecule has 0 radical (unpaired) electrons. The molecule has 0 aromatic carbocycles. The molecule has 72 valence electrons. The first kappa shape index (κ1) is 9.91. The normalized spacial score (nSPS) is 27.2. The number of hydrogen-bond acceptors (Lipinski definition) is 1. The number of terminal acetylenes is 1. The lowest BCUT2D eigenvalue weighted by Gasteiger charge is -2.11. The third-order valence-corrected chi connectivity index (χ3v) is 2.23. The second-order valence-electron chi connectivity index (χ2n) is 3.75. The molecule has 0 saturated heterocycles. The van der Waals surface area contributed by atoms with E-state index in [-0.39, 0.29) is 12.1 Å². The van der Waals surface area contributed by atoms with Crippen molar-refractivity contribution in [1.82, 2.24) is 10.6 Å². The smallest absolute Gasteiger partial charge is 0.315 e. The van der Waals surface area contributed by atoms with E-state index in [2.05, 4.69) is 23.5 Å². The lowest BCUT2D eigenvalue weighted by atomic mass is 10.2. The molecule has 1 aliphatic carbocycles. The minimum absolute atomic E-state index is 0.0547. The van der Waals surface area contributed by atoms with E-state index in [0.717, 1.165) is 6.42 Å². The second-order valence-corrected chi connectivity index (χ2v) is 3.75. The van der Waals surface area contributed by atoms with Crippen molar-refractivity contribution in [2.75, 3.05) is 0 Å². The summed E-state index contributed by atoms with van der Waals surface area (Å²) in [6.45, 7) is 4.02. The van der Waals surface area contributed by atoms with Crippen LogP contribution in [0.15, 0.2) is 0 Å². The topological polar surface area (TPSA) is 41.1 Å². The predicted octanol–water partition coefficient (Wildman–Crippen LogP) is 1.11. The maximum atomic E-state index is 11.2. The Labute approximate surface area is 79.3 Å². The summed E-state index contributed by atoms with van der Waals surface area (Å²) < 4.78 is 0. The fraction of sp³-hybridized carbons (Fsp3) is 0.700. The average Bonchev–Trinajstić information content (AvgIpc) is 2.65. The van der Waals surface area contributed by atoms with Crippen LogP contribution in [-0.4, -0.2) is 18.1 Å². The molecule has 0 aromatic rings. The highest BCUT2D eigenvalue weighted by Gasteiger charge is 2.33. The van der Waals surface area contributed by atoms with Crippen LogP contribution in [0.3, 0.4) is 0 Å². The van der Waals surface area contributed by atoms with Gasteiger partial charge < -0.3 is 10.6 Å². The molecule has 0 spiro atoms. The lowest BCUT2D eigenvalue weighted by molar-refractivity contribution is 0.237. The minimum Gasteiger partial charge on any atom is -0.335 e. The van der Waals surface area contributed by atoms with Gasteiger partial charge in [-0.15, -0.1) is 12.3 Å². The summed E-state index contributed by atoms with van der Waals surface area (Å²) in [4.78, 5) is 11.2. The maximum absolute atomic E-state index is 11.2. The third-order valence-electron chi connectivity index (χ3n) is 2.23. The van der Waals surface area contributed by atoms with E-state index in [1.54, 1.807) is 0 Å². The van der Waals surface area contributed by atoms with Crippen LogP contribution >= 0.6 is 0 Å². The number of urea groups is 1. The molecule has 1 rings (SSSR count). The molecular weight excluding hydrogens is 164 g/mol. The summed E-state index contributed by atoms with van der Waals surface area (Å²) in [6, 6.07) is 0.328. The van der Waals surface area contributed by atoms with E-state index in [1.165, 1.54) is 0 Å². The Morgan fingerprint density at radius 1 is 1.77 bits per heavy atom. The van der Waals surface area contributed by atoms with Crippen molar-refractivity contribution >= 4 is 6.03 Å². The first-order chi connectivity index (χ1) is 6.13. The van der Waals surface area contributed by atoms with Crippen molar-refractivity contribution < 1.29 is 4.79 Å². The minimum atomic E-state index is -0.0999. The Hall–Kier alpha value is -1.17. The van der Waals surface area contributed by atoms with Crippen molar-refractivity contribution in [3.05, 3.63) is 0 Å². The fourth-order valence-electron chi connectivity index (χ4n) is 1.18. The number of carbonyl (C=O) groups is 1. The summed E-state index contributed by atoms with van der Waals surface area (Å²) in [5.41, 5.74) is 0. The summed E-state index contributed by atoms with van der Waals surface area (Å²) >= 11 is 0. The van der Waals surface area contributed by atoms with Crippen molar-refractivity contribution in [3.63, 3.8) is 0 Å². The van der Waals surface area contributed by atoms with Crippen LogP contribution in [0.25, 0.3) is 0 Å². The first-order valence-corrected chi connectivity index (χ1v) is 4.64. The number of hydrogen-bond donors (Lipinski definition) is 2. The zero-order valence-electron chi connectivity index (χ0n) is 8.13. The summed E-state index contributed by atoms with van der Waals surface area (Å²) in [5.74, 6) is 3.14. The largest absolute Gasteiger partial charge is 0.335 e. The number of amides is 2. The molecule has 0 heterocycles. The second kappa shape index (κ2) is 4.18. The van der Waals surface area contributed by atoms with Gasteiger partial charge in [-0.2, -0.15) is 0 Å². The molecule has 3 heteroatoms. The Kier molecular flexibility index (Phi) is 3.18. The van der Waals surface area contributed by atoms with E-state index < -0.39 is 0 Å². The van der Waals surface area contributed by atoms with Crippen LogP contribution in [0.5, 0.6) is 0 Å². The Morgan fingerprint density at radius 2 is 2.38 bits per heavy atom. The van der Waals surface area contributed by atoms with Gasteiger partial charge in [-0.05, 0) is 19.3 Å². The van der Waals surface area contributed by atoms with Crippen LogP contribution in [0.1, 0.15) is 26.7 Å². The molecule has 0 bridgehead atoms. The predicted molar refractivity (Wildman–Crippen MR) is 52.1 cm³/mol. The molecule has 3 atom stereocenters. The third kappa shape index (κ3) is 3.37. The van der Waals surface area contributed by atoms with Crippen LogP contribution in [0.4, 0.5) is 4.79 Å². The molecule has 2 N–H and O–H groups in total. The monoisotopic (exact) mass is 180 g/mol. The zero-order chi connectivity index (χ0) is 9.84. The molecule has 0 aromatic heterocycles. The van der Waals surface area contributed by atoms with Gasteiger partial charge in [0.25, 0.3) is 0 Å². The zero-order valence-corrected chi connectivity index (χ0v) is 8.13.